The highest BCUT2D eigenvalue weighted by molar-refractivity contribution is 7.98. The van der Waals surface area contributed by atoms with Crippen molar-refractivity contribution in [1.82, 2.24) is 20.1 Å². The molecule has 1 unspecified atom stereocenters. The number of amides is 1. The van der Waals surface area contributed by atoms with Crippen molar-refractivity contribution in [3.8, 4) is 11.4 Å². The van der Waals surface area contributed by atoms with E-state index in [1.165, 1.54) is 11.8 Å². The molecule has 1 N–H and O–H groups in total. The Labute approximate surface area is 222 Å². The van der Waals surface area contributed by atoms with Crippen LogP contribution in [0.2, 0.25) is 15.1 Å². The lowest BCUT2D eigenvalue weighted by Crippen LogP contribution is -2.28. The normalized spacial score (nSPS) is 11.8. The summed E-state index contributed by atoms with van der Waals surface area (Å²) in [5.74, 6) is 1.63. The smallest absolute Gasteiger partial charge is 0.251 e. The van der Waals surface area contributed by atoms with Crippen LogP contribution in [0, 0.1) is 0 Å². The fourth-order valence-electron chi connectivity index (χ4n) is 3.42. The quantitative estimate of drug-likeness (QED) is 0.240. The van der Waals surface area contributed by atoms with Crippen molar-refractivity contribution in [3.63, 3.8) is 0 Å². The molecule has 0 saturated heterocycles. The summed E-state index contributed by atoms with van der Waals surface area (Å²) in [5, 5.41) is 13.9. The lowest BCUT2D eigenvalue weighted by molar-refractivity contribution is 0.0938. The maximum absolute atomic E-state index is 12.8. The molecule has 1 atom stereocenters. The molecule has 1 heterocycles. The predicted molar refractivity (Wildman–Crippen MR) is 141 cm³/mol. The Balaban J connectivity index is 1.66. The van der Waals surface area contributed by atoms with Crippen LogP contribution in [0.4, 0.5) is 0 Å². The van der Waals surface area contributed by atoms with Crippen molar-refractivity contribution in [2.45, 2.75) is 23.9 Å². The molecule has 3 aromatic carbocycles. The number of hydrogen-bond acceptors (Lipinski definition) is 5. The predicted octanol–water partition coefficient (Wildman–Crippen LogP) is 7.02. The summed E-state index contributed by atoms with van der Waals surface area (Å²) in [6.07, 6.45) is 0. The molecule has 0 saturated carbocycles. The number of thioether (sulfide) groups is 1. The standard InChI is InChI=1S/C25H21Cl3N4O2S/c1-15(29-24(33)17-6-4-7-18(26)12-17)23-30-31-25(32(23)22-13-19(27)9-10-21(22)28)35-14-16-5-3-8-20(11-16)34-2/h3-13,15H,14H2,1-2H3,(H,29,33). The average Bonchev–Trinajstić information content (AvgIpc) is 3.28. The summed E-state index contributed by atoms with van der Waals surface area (Å²) in [6.45, 7) is 1.83. The molecule has 6 nitrogen and oxygen atoms in total. The molecule has 0 bridgehead atoms. The van der Waals surface area contributed by atoms with Crippen molar-refractivity contribution in [2.75, 3.05) is 7.11 Å². The van der Waals surface area contributed by atoms with Crippen LogP contribution < -0.4 is 10.1 Å². The van der Waals surface area contributed by atoms with Gasteiger partial charge in [-0.1, -0.05) is 64.8 Å². The average molecular weight is 548 g/mol. The number of methoxy groups -OCH3 is 1. The molecular weight excluding hydrogens is 527 g/mol. The van der Waals surface area contributed by atoms with Gasteiger partial charge in [0.25, 0.3) is 5.91 Å². The van der Waals surface area contributed by atoms with E-state index in [4.69, 9.17) is 39.5 Å². The number of nitrogens with one attached hydrogen (secondary N) is 1. The van der Waals surface area contributed by atoms with Crippen molar-refractivity contribution >= 4 is 52.5 Å². The first-order valence-electron chi connectivity index (χ1n) is 10.6. The van der Waals surface area contributed by atoms with Crippen LogP contribution in [-0.4, -0.2) is 27.8 Å². The number of rotatable bonds is 8. The Morgan fingerprint density at radius 3 is 2.57 bits per heavy atom. The molecule has 1 aromatic heterocycles. The molecule has 0 aliphatic rings. The minimum atomic E-state index is -0.491. The topological polar surface area (TPSA) is 69.0 Å². The van der Waals surface area contributed by atoms with Crippen LogP contribution in [0.15, 0.2) is 71.9 Å². The number of nitrogens with zero attached hydrogens (tertiary/aromatic N) is 3. The van der Waals surface area contributed by atoms with Crippen LogP contribution in [0.25, 0.3) is 5.69 Å². The summed E-state index contributed by atoms with van der Waals surface area (Å²) in [7, 11) is 1.63. The summed E-state index contributed by atoms with van der Waals surface area (Å²) in [5.41, 5.74) is 2.13. The van der Waals surface area contributed by atoms with Crippen LogP contribution in [0.1, 0.15) is 34.7 Å². The number of benzene rings is 3. The van der Waals surface area contributed by atoms with Gasteiger partial charge < -0.3 is 10.1 Å². The Kier molecular flexibility index (Phi) is 8.23. The second-order valence-electron chi connectivity index (χ2n) is 7.62. The van der Waals surface area contributed by atoms with Crippen molar-refractivity contribution in [1.29, 1.82) is 0 Å². The summed E-state index contributed by atoms with van der Waals surface area (Å²) >= 11 is 20.4. The maximum Gasteiger partial charge on any atom is 0.251 e. The molecule has 4 aromatic rings. The number of ether oxygens (including phenoxy) is 1. The summed E-state index contributed by atoms with van der Waals surface area (Å²) in [6, 6.07) is 19.2. The third-order valence-electron chi connectivity index (χ3n) is 5.13. The fourth-order valence-corrected chi connectivity index (χ4v) is 4.88. The van der Waals surface area contributed by atoms with Crippen LogP contribution in [-0.2, 0) is 5.75 Å². The van der Waals surface area contributed by atoms with Gasteiger partial charge in [0, 0.05) is 21.4 Å². The van der Waals surface area contributed by atoms with E-state index in [2.05, 4.69) is 15.5 Å². The minimum absolute atomic E-state index is 0.280. The molecule has 4 rings (SSSR count). The SMILES string of the molecule is COc1cccc(CSc2nnc(C(C)NC(=O)c3cccc(Cl)c3)n2-c2cc(Cl)ccc2Cl)c1. The van der Waals surface area contributed by atoms with Gasteiger partial charge in [0.15, 0.2) is 11.0 Å². The van der Waals surface area contributed by atoms with E-state index in [1.807, 2.05) is 35.8 Å². The zero-order valence-electron chi connectivity index (χ0n) is 18.8. The molecule has 0 radical (unpaired) electrons. The summed E-state index contributed by atoms with van der Waals surface area (Å²) in [4.78, 5) is 12.8. The largest absolute Gasteiger partial charge is 0.497 e. The van der Waals surface area contributed by atoms with Crippen LogP contribution in [0.5, 0.6) is 5.75 Å². The molecule has 180 valence electrons. The molecule has 0 spiro atoms. The van der Waals surface area contributed by atoms with E-state index in [0.29, 0.717) is 43.1 Å². The van der Waals surface area contributed by atoms with Crippen molar-refractivity contribution < 1.29 is 9.53 Å². The molecule has 35 heavy (non-hydrogen) atoms. The number of aromatic nitrogens is 3. The minimum Gasteiger partial charge on any atom is -0.497 e. The fraction of sp³-hybridized carbons (Fsp3) is 0.160. The third-order valence-corrected chi connectivity index (χ3v) is 6.92. The van der Waals surface area contributed by atoms with Crippen molar-refractivity contribution in [2.24, 2.45) is 0 Å². The van der Waals surface area contributed by atoms with Gasteiger partial charge in [-0.2, -0.15) is 0 Å². The number of halogens is 3. The maximum atomic E-state index is 12.8. The van der Waals surface area contributed by atoms with Crippen LogP contribution in [0.3, 0.4) is 0 Å². The molecular formula is C25H21Cl3N4O2S. The number of carbonyl (C=O) groups is 1. The Morgan fingerprint density at radius 2 is 1.80 bits per heavy atom. The number of carbonyl (C=O) groups excluding carboxylic acids is 1. The zero-order chi connectivity index (χ0) is 24.9. The van der Waals surface area contributed by atoms with Gasteiger partial charge in [0.1, 0.15) is 5.75 Å². The second-order valence-corrected chi connectivity index (χ2v) is 9.84. The van der Waals surface area contributed by atoms with Gasteiger partial charge >= 0.3 is 0 Å². The molecule has 0 fully saturated rings. The monoisotopic (exact) mass is 546 g/mol. The molecule has 1 amide bonds. The lowest BCUT2D eigenvalue weighted by Gasteiger charge is -2.17. The highest BCUT2D eigenvalue weighted by Gasteiger charge is 2.23. The Bertz CT molecular complexity index is 1360. The molecule has 10 heteroatoms. The Hall–Kier alpha value is -2.71. The first-order valence-corrected chi connectivity index (χ1v) is 12.7. The van der Waals surface area contributed by atoms with E-state index in [9.17, 15) is 4.79 Å². The van der Waals surface area contributed by atoms with Gasteiger partial charge in [-0.05, 0) is 61.0 Å². The highest BCUT2D eigenvalue weighted by Crippen LogP contribution is 2.33. The first kappa shape index (κ1) is 25.4. The molecule has 0 aliphatic carbocycles. The number of hydrogen-bond donors (Lipinski definition) is 1. The van der Waals surface area contributed by atoms with Gasteiger partial charge in [-0.15, -0.1) is 10.2 Å². The van der Waals surface area contributed by atoms with Crippen molar-refractivity contribution in [3.05, 3.63) is 98.7 Å². The lowest BCUT2D eigenvalue weighted by atomic mass is 10.2. The first-order chi connectivity index (χ1) is 16.9. The third kappa shape index (κ3) is 6.11. The Morgan fingerprint density at radius 1 is 1.03 bits per heavy atom. The van der Waals surface area contributed by atoms with Crippen LogP contribution >= 0.6 is 46.6 Å². The summed E-state index contributed by atoms with van der Waals surface area (Å²) < 4.78 is 7.14. The van der Waals surface area contributed by atoms with Gasteiger partial charge in [0.05, 0.1) is 23.9 Å². The van der Waals surface area contributed by atoms with Gasteiger partial charge in [0.2, 0.25) is 0 Å². The van der Waals surface area contributed by atoms with E-state index in [-0.39, 0.29) is 5.91 Å². The van der Waals surface area contributed by atoms with E-state index >= 15 is 0 Å². The van der Waals surface area contributed by atoms with Gasteiger partial charge in [-0.3, -0.25) is 9.36 Å². The van der Waals surface area contributed by atoms with E-state index in [1.54, 1.807) is 49.6 Å². The molecule has 0 aliphatic heterocycles. The highest BCUT2D eigenvalue weighted by atomic mass is 35.5. The second kappa shape index (κ2) is 11.4. The van der Waals surface area contributed by atoms with E-state index in [0.717, 1.165) is 11.3 Å². The van der Waals surface area contributed by atoms with Gasteiger partial charge in [-0.25, -0.2) is 0 Å². The zero-order valence-corrected chi connectivity index (χ0v) is 21.9. The van der Waals surface area contributed by atoms with E-state index < -0.39 is 6.04 Å².